The molecule has 0 aromatic heterocycles. The molecular weight excluding hydrogens is 265 g/mol. The maximum absolute atomic E-state index is 11.3. The summed E-state index contributed by atoms with van der Waals surface area (Å²) in [6.45, 7) is 3.71. The number of amides is 1. The zero-order valence-electron chi connectivity index (χ0n) is 7.97. The molecule has 2 nitrogen and oxygen atoms in total. The van der Waals surface area contributed by atoms with Crippen molar-refractivity contribution in [1.82, 2.24) is 0 Å². The molecule has 1 amide bonds. The van der Waals surface area contributed by atoms with Gasteiger partial charge in [0.15, 0.2) is 0 Å². The quantitative estimate of drug-likeness (QED) is 0.825. The number of nitrogens with one attached hydrogen (secondary N) is 1. The van der Waals surface area contributed by atoms with Crippen LogP contribution < -0.4 is 5.32 Å². The van der Waals surface area contributed by atoms with Crippen LogP contribution in [0.25, 0.3) is 0 Å². The van der Waals surface area contributed by atoms with Gasteiger partial charge in [-0.3, -0.25) is 4.79 Å². The number of anilines is 1. The summed E-state index contributed by atoms with van der Waals surface area (Å²) in [7, 11) is 0. The molecule has 1 N–H and O–H groups in total. The summed E-state index contributed by atoms with van der Waals surface area (Å²) < 4.78 is 0. The molecule has 0 bridgehead atoms. The van der Waals surface area contributed by atoms with E-state index in [1.807, 2.05) is 19.1 Å². The van der Waals surface area contributed by atoms with Crippen LogP contribution in [0.1, 0.15) is 12.5 Å². The van der Waals surface area contributed by atoms with Crippen molar-refractivity contribution in [1.29, 1.82) is 0 Å². The fourth-order valence-corrected chi connectivity index (χ4v) is 1.35. The third-order valence-corrected chi connectivity index (χ3v) is 2.47. The Kier molecular flexibility index (Phi) is 3.96. The van der Waals surface area contributed by atoms with Gasteiger partial charge in [0.05, 0.1) is 15.5 Å². The fraction of sp³-hybridized carbons (Fsp3) is 0.300. The van der Waals surface area contributed by atoms with Crippen LogP contribution in [0.3, 0.4) is 0 Å². The smallest absolute Gasteiger partial charge is 0.237 e. The molecule has 0 aliphatic rings. The zero-order chi connectivity index (χ0) is 10.7. The van der Waals surface area contributed by atoms with Gasteiger partial charge in [0.25, 0.3) is 0 Å². The molecule has 76 valence electrons. The molecular formula is C10H11BrClNO. The summed E-state index contributed by atoms with van der Waals surface area (Å²) in [6.07, 6.45) is 0. The van der Waals surface area contributed by atoms with Crippen molar-refractivity contribution in [2.45, 2.75) is 18.7 Å². The van der Waals surface area contributed by atoms with Gasteiger partial charge in [-0.05, 0) is 31.5 Å². The highest BCUT2D eigenvalue weighted by atomic mass is 79.9. The van der Waals surface area contributed by atoms with Crippen LogP contribution in [0.2, 0.25) is 5.02 Å². The van der Waals surface area contributed by atoms with E-state index in [2.05, 4.69) is 21.2 Å². The van der Waals surface area contributed by atoms with E-state index in [1.165, 1.54) is 0 Å². The Morgan fingerprint density at radius 3 is 2.71 bits per heavy atom. The fourth-order valence-electron chi connectivity index (χ4n) is 0.954. The lowest BCUT2D eigenvalue weighted by Crippen LogP contribution is -2.20. The number of alkyl halides is 1. The maximum atomic E-state index is 11.3. The molecule has 0 radical (unpaired) electrons. The average Bonchev–Trinajstić information content (AvgIpc) is 2.09. The van der Waals surface area contributed by atoms with Gasteiger partial charge < -0.3 is 5.32 Å². The van der Waals surface area contributed by atoms with Gasteiger partial charge in [-0.25, -0.2) is 0 Å². The van der Waals surface area contributed by atoms with Crippen LogP contribution in [0, 0.1) is 6.92 Å². The van der Waals surface area contributed by atoms with Gasteiger partial charge in [-0.2, -0.15) is 0 Å². The second-order valence-corrected chi connectivity index (χ2v) is 4.87. The van der Waals surface area contributed by atoms with Crippen molar-refractivity contribution in [2.24, 2.45) is 0 Å². The summed E-state index contributed by atoms with van der Waals surface area (Å²) in [5.74, 6) is -0.101. The van der Waals surface area contributed by atoms with E-state index >= 15 is 0 Å². The van der Waals surface area contributed by atoms with Crippen LogP contribution in [0.15, 0.2) is 18.2 Å². The summed E-state index contributed by atoms with van der Waals surface area (Å²) in [6, 6.07) is 5.52. The molecule has 0 aliphatic heterocycles. The first-order chi connectivity index (χ1) is 6.50. The predicted molar refractivity (Wildman–Crippen MR) is 63.2 cm³/mol. The lowest BCUT2D eigenvalue weighted by atomic mass is 10.2. The molecule has 14 heavy (non-hydrogen) atoms. The van der Waals surface area contributed by atoms with Crippen molar-refractivity contribution >= 4 is 39.1 Å². The molecule has 1 aromatic carbocycles. The molecule has 0 saturated heterocycles. The predicted octanol–water partition coefficient (Wildman–Crippen LogP) is 3.37. The Morgan fingerprint density at radius 1 is 1.57 bits per heavy atom. The second-order valence-electron chi connectivity index (χ2n) is 3.09. The molecule has 1 rings (SSSR count). The van der Waals surface area contributed by atoms with Gasteiger partial charge in [-0.1, -0.05) is 33.6 Å². The minimum Gasteiger partial charge on any atom is -0.324 e. The number of hydrogen-bond acceptors (Lipinski definition) is 1. The van der Waals surface area contributed by atoms with Crippen LogP contribution in [0.5, 0.6) is 0 Å². The highest BCUT2D eigenvalue weighted by molar-refractivity contribution is 9.10. The molecule has 4 heteroatoms. The van der Waals surface area contributed by atoms with E-state index in [4.69, 9.17) is 11.6 Å². The lowest BCUT2D eigenvalue weighted by molar-refractivity contribution is -0.115. The van der Waals surface area contributed by atoms with Crippen LogP contribution in [-0.2, 0) is 4.79 Å². The number of carbonyl (C=O) groups excluding carboxylic acids is 1. The maximum Gasteiger partial charge on any atom is 0.237 e. The van der Waals surface area contributed by atoms with Crippen molar-refractivity contribution in [3.8, 4) is 0 Å². The van der Waals surface area contributed by atoms with E-state index in [-0.39, 0.29) is 10.7 Å². The Balaban J connectivity index is 2.82. The molecule has 0 spiro atoms. The Labute approximate surface area is 96.8 Å². The number of rotatable bonds is 2. The lowest BCUT2D eigenvalue weighted by Gasteiger charge is -2.08. The van der Waals surface area contributed by atoms with Crippen LogP contribution >= 0.6 is 27.5 Å². The van der Waals surface area contributed by atoms with Gasteiger partial charge in [0.2, 0.25) is 5.91 Å². The first-order valence-electron chi connectivity index (χ1n) is 4.22. The molecule has 0 heterocycles. The average molecular weight is 277 g/mol. The molecule has 1 atom stereocenters. The molecule has 0 aliphatic carbocycles. The van der Waals surface area contributed by atoms with Crippen molar-refractivity contribution in [2.75, 3.05) is 5.32 Å². The Morgan fingerprint density at radius 2 is 2.21 bits per heavy atom. The zero-order valence-corrected chi connectivity index (χ0v) is 10.3. The Bertz CT molecular complexity index is 352. The number of halogens is 2. The van der Waals surface area contributed by atoms with Gasteiger partial charge in [0, 0.05) is 0 Å². The molecule has 1 aromatic rings. The van der Waals surface area contributed by atoms with Crippen molar-refractivity contribution in [3.05, 3.63) is 28.8 Å². The van der Waals surface area contributed by atoms with Gasteiger partial charge in [0.1, 0.15) is 0 Å². The number of carbonyl (C=O) groups is 1. The van der Waals surface area contributed by atoms with Crippen molar-refractivity contribution < 1.29 is 4.79 Å². The summed E-state index contributed by atoms with van der Waals surface area (Å²) >= 11 is 9.13. The SMILES string of the molecule is Cc1ccc(NC(=O)C(C)Br)c(Cl)c1. The second kappa shape index (κ2) is 4.80. The monoisotopic (exact) mass is 275 g/mol. The summed E-state index contributed by atoms with van der Waals surface area (Å²) in [5.41, 5.74) is 1.72. The molecule has 0 fully saturated rings. The molecule has 0 saturated carbocycles. The first kappa shape index (κ1) is 11.5. The highest BCUT2D eigenvalue weighted by Gasteiger charge is 2.10. The van der Waals surface area contributed by atoms with E-state index in [0.717, 1.165) is 5.56 Å². The minimum atomic E-state index is -0.222. The largest absolute Gasteiger partial charge is 0.324 e. The third-order valence-electron chi connectivity index (χ3n) is 1.74. The first-order valence-corrected chi connectivity index (χ1v) is 5.51. The molecule has 1 unspecified atom stereocenters. The van der Waals surface area contributed by atoms with E-state index in [0.29, 0.717) is 10.7 Å². The van der Waals surface area contributed by atoms with E-state index in [1.54, 1.807) is 13.0 Å². The van der Waals surface area contributed by atoms with E-state index < -0.39 is 0 Å². The van der Waals surface area contributed by atoms with Crippen LogP contribution in [-0.4, -0.2) is 10.7 Å². The third kappa shape index (κ3) is 3.00. The minimum absolute atomic E-state index is 0.101. The standard InChI is InChI=1S/C10H11BrClNO/c1-6-3-4-9(8(12)5-6)13-10(14)7(2)11/h3-5,7H,1-2H3,(H,13,14). The number of benzene rings is 1. The topological polar surface area (TPSA) is 29.1 Å². The van der Waals surface area contributed by atoms with Gasteiger partial charge >= 0.3 is 0 Å². The Hall–Kier alpha value is -0.540. The van der Waals surface area contributed by atoms with Gasteiger partial charge in [-0.15, -0.1) is 0 Å². The number of aryl methyl sites for hydroxylation is 1. The van der Waals surface area contributed by atoms with Crippen molar-refractivity contribution in [3.63, 3.8) is 0 Å². The summed E-state index contributed by atoms with van der Waals surface area (Å²) in [4.78, 5) is 11.1. The highest BCUT2D eigenvalue weighted by Crippen LogP contribution is 2.23. The number of hydrogen-bond donors (Lipinski definition) is 1. The normalized spacial score (nSPS) is 12.3. The van der Waals surface area contributed by atoms with E-state index in [9.17, 15) is 4.79 Å². The van der Waals surface area contributed by atoms with Crippen LogP contribution in [0.4, 0.5) is 5.69 Å². The summed E-state index contributed by atoms with van der Waals surface area (Å²) in [5, 5.41) is 3.28.